The first-order chi connectivity index (χ1) is 13.9. The highest BCUT2D eigenvalue weighted by Gasteiger charge is 2.38. The van der Waals surface area contributed by atoms with Crippen molar-refractivity contribution in [2.24, 2.45) is 5.92 Å². The number of hydrogen-bond acceptors (Lipinski definition) is 5. The van der Waals surface area contributed by atoms with Gasteiger partial charge in [0.1, 0.15) is 23.9 Å². The van der Waals surface area contributed by atoms with Crippen LogP contribution in [0.3, 0.4) is 0 Å². The normalized spacial score (nSPS) is 21.1. The van der Waals surface area contributed by atoms with Gasteiger partial charge >= 0.3 is 0 Å². The molecule has 2 aliphatic rings. The van der Waals surface area contributed by atoms with Gasteiger partial charge in [-0.2, -0.15) is 0 Å². The number of hydrogen-bond donors (Lipinski definition) is 1. The van der Waals surface area contributed by atoms with Crippen molar-refractivity contribution >= 4 is 5.91 Å². The lowest BCUT2D eigenvalue weighted by molar-refractivity contribution is -0.119. The Morgan fingerprint density at radius 3 is 2.76 bits per heavy atom. The van der Waals surface area contributed by atoms with Gasteiger partial charge in [0.05, 0.1) is 24.5 Å². The number of nitrogens with one attached hydrogen (secondary N) is 1. The fraction of sp³-hybridized carbons (Fsp3) is 0.478. The Kier molecular flexibility index (Phi) is 5.35. The summed E-state index contributed by atoms with van der Waals surface area (Å²) in [5.41, 5.74) is 1.51. The zero-order chi connectivity index (χ0) is 20.4. The second kappa shape index (κ2) is 7.93. The van der Waals surface area contributed by atoms with E-state index in [4.69, 9.17) is 14.2 Å². The molecule has 1 N–H and O–H groups in total. The van der Waals surface area contributed by atoms with Crippen LogP contribution in [0.5, 0.6) is 17.2 Å². The summed E-state index contributed by atoms with van der Waals surface area (Å²) in [5.74, 6) is 3.06. The van der Waals surface area contributed by atoms with E-state index in [0.717, 1.165) is 41.7 Å². The summed E-state index contributed by atoms with van der Waals surface area (Å²) in [6, 6.07) is 9.87. The van der Waals surface area contributed by atoms with Crippen molar-refractivity contribution in [2.45, 2.75) is 51.7 Å². The van der Waals surface area contributed by atoms with E-state index in [1.807, 2.05) is 31.2 Å². The molecule has 1 saturated carbocycles. The number of aromatic nitrogens is 1. The number of nitrogens with zero attached hydrogens (tertiary/aromatic N) is 1. The van der Waals surface area contributed by atoms with E-state index in [1.165, 1.54) is 19.8 Å². The molecule has 4 rings (SSSR count). The molecule has 6 nitrogen and oxygen atoms in total. The van der Waals surface area contributed by atoms with Gasteiger partial charge in [-0.1, -0.05) is 6.07 Å². The smallest absolute Gasteiger partial charge is 0.217 e. The molecule has 1 unspecified atom stereocenters. The lowest BCUT2D eigenvalue weighted by Crippen LogP contribution is -2.35. The van der Waals surface area contributed by atoms with Crippen molar-refractivity contribution < 1.29 is 19.0 Å². The monoisotopic (exact) mass is 396 g/mol. The maximum atomic E-state index is 11.1. The summed E-state index contributed by atoms with van der Waals surface area (Å²) >= 11 is 0. The molecule has 2 atom stereocenters. The van der Waals surface area contributed by atoms with E-state index in [1.54, 1.807) is 6.20 Å². The third kappa shape index (κ3) is 4.81. The number of fused-ring (bicyclic) bond motifs is 1. The van der Waals surface area contributed by atoms with Crippen LogP contribution in [0.25, 0.3) is 0 Å². The molecular weight excluding hydrogens is 368 g/mol. The molecule has 1 amide bonds. The van der Waals surface area contributed by atoms with Crippen molar-refractivity contribution in [3.05, 3.63) is 47.8 Å². The predicted molar refractivity (Wildman–Crippen MR) is 109 cm³/mol. The van der Waals surface area contributed by atoms with Crippen LogP contribution in [-0.2, 0) is 16.8 Å². The molecule has 1 aliphatic heterocycles. The Hall–Kier alpha value is -2.76. The highest BCUT2D eigenvalue weighted by molar-refractivity contribution is 5.73. The Balaban J connectivity index is 1.37. The minimum absolute atomic E-state index is 0.0614. The maximum absolute atomic E-state index is 11.1. The summed E-state index contributed by atoms with van der Waals surface area (Å²) in [4.78, 5) is 15.7. The topological polar surface area (TPSA) is 69.7 Å². The SMILES string of the molecule is CC(=O)N[C@@H](C)COc1ccc(C2(C)Cc3ccc(OCC4CC4)cc3O2)nc1. The second-order valence-corrected chi connectivity index (χ2v) is 8.33. The first-order valence-electron chi connectivity index (χ1n) is 10.2. The van der Waals surface area contributed by atoms with Gasteiger partial charge in [-0.3, -0.25) is 9.78 Å². The van der Waals surface area contributed by atoms with Crippen molar-refractivity contribution in [1.82, 2.24) is 10.3 Å². The minimum Gasteiger partial charge on any atom is -0.493 e. The maximum Gasteiger partial charge on any atom is 0.217 e. The molecule has 154 valence electrons. The molecule has 2 heterocycles. The number of rotatable bonds is 8. The molecular formula is C23H28N2O4. The van der Waals surface area contributed by atoms with E-state index >= 15 is 0 Å². The van der Waals surface area contributed by atoms with Gasteiger partial charge in [-0.05, 0) is 56.4 Å². The zero-order valence-electron chi connectivity index (χ0n) is 17.2. The van der Waals surface area contributed by atoms with Gasteiger partial charge in [0.15, 0.2) is 5.60 Å². The Labute approximate surface area is 171 Å². The fourth-order valence-corrected chi connectivity index (χ4v) is 3.54. The number of pyridine rings is 1. The van der Waals surface area contributed by atoms with Gasteiger partial charge in [-0.15, -0.1) is 0 Å². The minimum atomic E-state index is -0.514. The van der Waals surface area contributed by atoms with E-state index in [9.17, 15) is 4.79 Å². The quantitative estimate of drug-likeness (QED) is 0.738. The first-order valence-corrected chi connectivity index (χ1v) is 10.2. The average Bonchev–Trinajstić information content (AvgIpc) is 3.45. The van der Waals surface area contributed by atoms with Crippen molar-refractivity contribution in [2.75, 3.05) is 13.2 Å². The molecule has 29 heavy (non-hydrogen) atoms. The fourth-order valence-electron chi connectivity index (χ4n) is 3.54. The van der Waals surface area contributed by atoms with Gasteiger partial charge in [0, 0.05) is 19.4 Å². The number of carbonyl (C=O) groups excluding carboxylic acids is 1. The molecule has 1 aromatic carbocycles. The zero-order valence-corrected chi connectivity index (χ0v) is 17.2. The van der Waals surface area contributed by atoms with Crippen LogP contribution >= 0.6 is 0 Å². The number of amides is 1. The highest BCUT2D eigenvalue weighted by atomic mass is 16.5. The van der Waals surface area contributed by atoms with Crippen LogP contribution in [0.2, 0.25) is 0 Å². The molecule has 0 saturated heterocycles. The standard InChI is InChI=1S/C23H28N2O4/c1-15(25-16(2)26)13-27-20-8-9-22(24-12-20)23(3)11-18-6-7-19(10-21(18)29-23)28-14-17-4-5-17/h6-10,12,15,17H,4-5,11,13-14H2,1-3H3,(H,25,26)/t15-,23?/m0/s1. The lowest BCUT2D eigenvalue weighted by atomic mass is 9.95. The van der Waals surface area contributed by atoms with E-state index in [0.29, 0.717) is 12.4 Å². The summed E-state index contributed by atoms with van der Waals surface area (Å²) < 4.78 is 17.9. The highest BCUT2D eigenvalue weighted by Crippen LogP contribution is 2.42. The van der Waals surface area contributed by atoms with E-state index in [2.05, 4.69) is 23.3 Å². The Morgan fingerprint density at radius 1 is 1.28 bits per heavy atom. The average molecular weight is 396 g/mol. The second-order valence-electron chi connectivity index (χ2n) is 8.33. The summed E-state index contributed by atoms with van der Waals surface area (Å²) in [7, 11) is 0. The van der Waals surface area contributed by atoms with Gasteiger partial charge in [-0.25, -0.2) is 0 Å². The summed E-state index contributed by atoms with van der Waals surface area (Å²) in [6.45, 7) is 6.63. The molecule has 0 radical (unpaired) electrons. The molecule has 0 spiro atoms. The Morgan fingerprint density at radius 2 is 2.07 bits per heavy atom. The molecule has 1 aromatic heterocycles. The van der Waals surface area contributed by atoms with Crippen LogP contribution in [-0.4, -0.2) is 30.1 Å². The lowest BCUT2D eigenvalue weighted by Gasteiger charge is -2.23. The van der Waals surface area contributed by atoms with Crippen molar-refractivity contribution in [3.63, 3.8) is 0 Å². The van der Waals surface area contributed by atoms with Crippen molar-refractivity contribution in [1.29, 1.82) is 0 Å². The largest absolute Gasteiger partial charge is 0.493 e. The van der Waals surface area contributed by atoms with Crippen LogP contribution in [0.4, 0.5) is 0 Å². The number of benzene rings is 1. The van der Waals surface area contributed by atoms with Crippen LogP contribution in [0.1, 0.15) is 44.9 Å². The number of ether oxygens (including phenoxy) is 3. The molecule has 0 bridgehead atoms. The summed E-state index contributed by atoms with van der Waals surface area (Å²) in [6.07, 6.45) is 5.02. The third-order valence-electron chi connectivity index (χ3n) is 5.31. The van der Waals surface area contributed by atoms with Gasteiger partial charge in [0.2, 0.25) is 5.91 Å². The van der Waals surface area contributed by atoms with Gasteiger partial charge in [0.25, 0.3) is 0 Å². The molecule has 2 aromatic rings. The van der Waals surface area contributed by atoms with E-state index in [-0.39, 0.29) is 11.9 Å². The van der Waals surface area contributed by atoms with Crippen LogP contribution in [0, 0.1) is 5.92 Å². The molecule has 6 heteroatoms. The van der Waals surface area contributed by atoms with Crippen LogP contribution < -0.4 is 19.5 Å². The summed E-state index contributed by atoms with van der Waals surface area (Å²) in [5, 5.41) is 2.79. The number of carbonyl (C=O) groups is 1. The molecule has 1 fully saturated rings. The third-order valence-corrected chi connectivity index (χ3v) is 5.31. The van der Waals surface area contributed by atoms with Gasteiger partial charge < -0.3 is 19.5 Å². The van der Waals surface area contributed by atoms with E-state index < -0.39 is 5.60 Å². The molecule has 1 aliphatic carbocycles. The Bertz CT molecular complexity index is 879. The first kappa shape index (κ1) is 19.6. The van der Waals surface area contributed by atoms with Crippen molar-refractivity contribution in [3.8, 4) is 17.2 Å². The predicted octanol–water partition coefficient (Wildman–Crippen LogP) is 3.62. The van der Waals surface area contributed by atoms with Crippen LogP contribution in [0.15, 0.2) is 36.5 Å².